The number of carbonyl (C=O) groups is 1. The smallest absolute Gasteiger partial charge is 0.240 e. The van der Waals surface area contributed by atoms with E-state index in [2.05, 4.69) is 21.2 Å². The van der Waals surface area contributed by atoms with Crippen LogP contribution in [0.3, 0.4) is 0 Å². The maximum absolute atomic E-state index is 12.6. The molecule has 1 N–H and O–H groups in total. The minimum Gasteiger partial charge on any atom is -0.311 e. The monoisotopic (exact) mass is 302 g/mol. The molecule has 1 amide bonds. The normalized spacial score (nSPS) is 15.0. The van der Waals surface area contributed by atoms with E-state index in [-0.39, 0.29) is 11.2 Å². The third kappa shape index (κ3) is 2.81. The van der Waals surface area contributed by atoms with Gasteiger partial charge in [-0.2, -0.15) is 0 Å². The van der Waals surface area contributed by atoms with Crippen molar-refractivity contribution in [1.29, 1.82) is 0 Å². The summed E-state index contributed by atoms with van der Waals surface area (Å²) in [5, 5.41) is 7.46. The number of H-pyrrole nitrogens is 1. The highest BCUT2D eigenvalue weighted by Crippen LogP contribution is 2.30. The molecule has 0 bridgehead atoms. The van der Waals surface area contributed by atoms with Gasteiger partial charge in [0.05, 0.1) is 5.25 Å². The third-order valence-electron chi connectivity index (χ3n) is 3.63. The Morgan fingerprint density at radius 1 is 1.48 bits per heavy atom. The van der Waals surface area contributed by atoms with Crippen molar-refractivity contribution in [2.45, 2.75) is 37.1 Å². The molecule has 1 aromatic heterocycles. The fourth-order valence-electron chi connectivity index (χ4n) is 2.48. The predicted molar refractivity (Wildman–Crippen MR) is 83.6 cm³/mol. The summed E-state index contributed by atoms with van der Waals surface area (Å²) in [5.74, 6) is 0.969. The van der Waals surface area contributed by atoms with Crippen LogP contribution in [0.4, 0.5) is 5.69 Å². The highest BCUT2D eigenvalue weighted by Gasteiger charge is 2.28. The minimum absolute atomic E-state index is 0.118. The molecule has 3 rings (SSSR count). The second kappa shape index (κ2) is 5.89. The summed E-state index contributed by atoms with van der Waals surface area (Å²) in [6.07, 6.45) is 1.75. The van der Waals surface area contributed by atoms with E-state index in [4.69, 9.17) is 0 Å². The molecule has 110 valence electrons. The van der Waals surface area contributed by atoms with Crippen LogP contribution < -0.4 is 4.90 Å². The van der Waals surface area contributed by atoms with E-state index in [1.165, 1.54) is 17.3 Å². The van der Waals surface area contributed by atoms with Gasteiger partial charge in [0.25, 0.3) is 0 Å². The fourth-order valence-corrected chi connectivity index (χ4v) is 3.29. The molecule has 0 saturated carbocycles. The Bertz CT molecular complexity index is 655. The molecule has 1 aromatic carbocycles. The zero-order valence-corrected chi connectivity index (χ0v) is 13.0. The van der Waals surface area contributed by atoms with Crippen molar-refractivity contribution in [2.24, 2.45) is 0 Å². The van der Waals surface area contributed by atoms with Crippen molar-refractivity contribution in [3.05, 3.63) is 35.7 Å². The molecule has 0 saturated heterocycles. The average molecular weight is 302 g/mol. The maximum atomic E-state index is 12.6. The lowest BCUT2D eigenvalue weighted by Crippen LogP contribution is -2.35. The fraction of sp³-hybridized carbons (Fsp3) is 0.400. The van der Waals surface area contributed by atoms with Crippen LogP contribution in [-0.2, 0) is 17.6 Å². The Balaban J connectivity index is 1.71. The molecule has 1 aliphatic heterocycles. The van der Waals surface area contributed by atoms with Crippen molar-refractivity contribution < 1.29 is 4.79 Å². The molecular weight excluding hydrogens is 284 g/mol. The molecule has 0 spiro atoms. The number of hydrogen-bond acceptors (Lipinski definition) is 4. The molecular formula is C15H18N4OS. The van der Waals surface area contributed by atoms with Crippen LogP contribution in [-0.4, -0.2) is 32.9 Å². The van der Waals surface area contributed by atoms with Gasteiger partial charge in [-0.3, -0.25) is 9.89 Å². The number of nitrogens with zero attached hydrogens (tertiary/aromatic N) is 3. The summed E-state index contributed by atoms with van der Waals surface area (Å²) in [6, 6.07) is 8.10. The number of hydrogen-bond donors (Lipinski definition) is 1. The number of para-hydroxylation sites is 1. The average Bonchev–Trinajstić information content (AvgIpc) is 3.12. The summed E-state index contributed by atoms with van der Waals surface area (Å²) in [7, 11) is 0. The van der Waals surface area contributed by atoms with Crippen LogP contribution in [0.15, 0.2) is 29.4 Å². The molecule has 2 aromatic rings. The van der Waals surface area contributed by atoms with Gasteiger partial charge in [0.1, 0.15) is 5.82 Å². The van der Waals surface area contributed by atoms with E-state index in [0.29, 0.717) is 5.16 Å². The van der Waals surface area contributed by atoms with Gasteiger partial charge in [-0.15, -0.1) is 5.10 Å². The largest absolute Gasteiger partial charge is 0.311 e. The third-order valence-corrected chi connectivity index (χ3v) is 4.58. The van der Waals surface area contributed by atoms with Crippen molar-refractivity contribution >= 4 is 23.4 Å². The number of rotatable bonds is 4. The van der Waals surface area contributed by atoms with Crippen molar-refractivity contribution in [3.8, 4) is 0 Å². The molecule has 0 aliphatic carbocycles. The number of nitrogens with one attached hydrogen (secondary N) is 1. The summed E-state index contributed by atoms with van der Waals surface area (Å²) < 4.78 is 0. The summed E-state index contributed by atoms with van der Waals surface area (Å²) >= 11 is 1.40. The lowest BCUT2D eigenvalue weighted by molar-refractivity contribution is -0.117. The standard InChI is InChI=1S/C15H18N4OS/c1-3-13-16-15(18-17-13)21-10(2)14(20)19-9-8-11-6-4-5-7-12(11)19/h4-7,10H,3,8-9H2,1-2H3,(H,16,17,18). The van der Waals surface area contributed by atoms with Crippen LogP contribution in [0, 0.1) is 0 Å². The Morgan fingerprint density at radius 2 is 2.29 bits per heavy atom. The van der Waals surface area contributed by atoms with E-state index < -0.39 is 0 Å². The number of benzene rings is 1. The number of aromatic nitrogens is 3. The molecule has 1 atom stereocenters. The molecule has 0 fully saturated rings. The molecule has 6 heteroatoms. The Kier molecular flexibility index (Phi) is 3.96. The van der Waals surface area contributed by atoms with Gasteiger partial charge in [-0.05, 0) is 25.0 Å². The van der Waals surface area contributed by atoms with Crippen LogP contribution >= 0.6 is 11.8 Å². The van der Waals surface area contributed by atoms with E-state index in [9.17, 15) is 4.79 Å². The Labute approximate surface area is 128 Å². The Morgan fingerprint density at radius 3 is 3.05 bits per heavy atom. The quantitative estimate of drug-likeness (QED) is 0.881. The minimum atomic E-state index is -0.198. The predicted octanol–water partition coefficient (Wildman–Crippen LogP) is 2.44. The van der Waals surface area contributed by atoms with E-state index in [1.807, 2.05) is 36.9 Å². The first kappa shape index (κ1) is 14.1. The maximum Gasteiger partial charge on any atom is 0.240 e. The summed E-state index contributed by atoms with van der Waals surface area (Å²) in [4.78, 5) is 18.9. The lowest BCUT2D eigenvalue weighted by Gasteiger charge is -2.20. The highest BCUT2D eigenvalue weighted by atomic mass is 32.2. The number of fused-ring (bicyclic) bond motifs is 1. The van der Waals surface area contributed by atoms with E-state index in [0.717, 1.165) is 30.9 Å². The van der Waals surface area contributed by atoms with Gasteiger partial charge in [0.15, 0.2) is 0 Å². The van der Waals surface area contributed by atoms with Gasteiger partial charge in [-0.25, -0.2) is 4.98 Å². The van der Waals surface area contributed by atoms with Crippen LogP contribution in [0.2, 0.25) is 0 Å². The van der Waals surface area contributed by atoms with E-state index in [1.54, 1.807) is 0 Å². The van der Waals surface area contributed by atoms with Crippen LogP contribution in [0.5, 0.6) is 0 Å². The lowest BCUT2D eigenvalue weighted by atomic mass is 10.2. The zero-order valence-electron chi connectivity index (χ0n) is 12.2. The number of anilines is 1. The van der Waals surface area contributed by atoms with Gasteiger partial charge in [0.2, 0.25) is 11.1 Å². The molecule has 2 heterocycles. The number of amides is 1. The first-order chi connectivity index (χ1) is 10.2. The Hall–Kier alpha value is -1.82. The zero-order chi connectivity index (χ0) is 14.8. The van der Waals surface area contributed by atoms with Gasteiger partial charge >= 0.3 is 0 Å². The van der Waals surface area contributed by atoms with Crippen molar-refractivity contribution in [1.82, 2.24) is 15.2 Å². The van der Waals surface area contributed by atoms with Gasteiger partial charge in [0, 0.05) is 18.7 Å². The number of thioether (sulfide) groups is 1. The molecule has 5 nitrogen and oxygen atoms in total. The first-order valence-electron chi connectivity index (χ1n) is 7.16. The molecule has 0 radical (unpaired) electrons. The second-order valence-corrected chi connectivity index (χ2v) is 6.35. The first-order valence-corrected chi connectivity index (χ1v) is 8.04. The van der Waals surface area contributed by atoms with Gasteiger partial charge < -0.3 is 4.90 Å². The number of carbonyl (C=O) groups excluding carboxylic acids is 1. The topological polar surface area (TPSA) is 61.9 Å². The van der Waals surface area contributed by atoms with Crippen molar-refractivity contribution in [3.63, 3.8) is 0 Å². The molecule has 21 heavy (non-hydrogen) atoms. The summed E-state index contributed by atoms with van der Waals surface area (Å²) in [6.45, 7) is 4.69. The number of aromatic amines is 1. The van der Waals surface area contributed by atoms with Crippen LogP contribution in [0.25, 0.3) is 0 Å². The highest BCUT2D eigenvalue weighted by molar-refractivity contribution is 8.00. The van der Waals surface area contributed by atoms with Crippen LogP contribution in [0.1, 0.15) is 25.2 Å². The molecule has 1 unspecified atom stereocenters. The second-order valence-electron chi connectivity index (χ2n) is 5.05. The number of aryl methyl sites for hydroxylation is 1. The van der Waals surface area contributed by atoms with Crippen molar-refractivity contribution in [2.75, 3.05) is 11.4 Å². The van der Waals surface area contributed by atoms with E-state index >= 15 is 0 Å². The molecule has 1 aliphatic rings. The SMILES string of the molecule is CCc1nc(SC(C)C(=O)N2CCc3ccccc32)n[nH]1. The summed E-state index contributed by atoms with van der Waals surface area (Å²) in [5.41, 5.74) is 2.29. The van der Waals surface area contributed by atoms with Gasteiger partial charge in [-0.1, -0.05) is 36.9 Å².